The molecule has 0 saturated heterocycles. The Labute approximate surface area is 182 Å². The second-order valence-corrected chi connectivity index (χ2v) is 8.64. The lowest BCUT2D eigenvalue weighted by molar-refractivity contribution is -0.929. The molecule has 1 amide bonds. The monoisotopic (exact) mass is 417 g/mol. The number of nitrogens with zero attached hydrogens (tertiary/aromatic N) is 2. The highest BCUT2D eigenvalue weighted by Gasteiger charge is 2.38. The van der Waals surface area contributed by atoms with Gasteiger partial charge in [0, 0.05) is 17.3 Å². The summed E-state index contributed by atoms with van der Waals surface area (Å²) in [6.45, 7) is 4.53. The third-order valence-corrected chi connectivity index (χ3v) is 6.65. The summed E-state index contributed by atoms with van der Waals surface area (Å²) in [5.41, 5.74) is 9.23. The molecular weight excluding hydrogens is 388 g/mol. The average Bonchev–Trinajstić information content (AvgIpc) is 3.10. The predicted molar refractivity (Wildman–Crippen MR) is 122 cm³/mol. The van der Waals surface area contributed by atoms with Gasteiger partial charge < -0.3 is 14.2 Å². The van der Waals surface area contributed by atoms with Crippen LogP contribution in [-0.2, 0) is 17.8 Å². The zero-order valence-electron chi connectivity index (χ0n) is 18.1. The molecule has 0 saturated carbocycles. The normalized spacial score (nSPS) is 20.1. The number of aryl methyl sites for hydroxylation is 2. The summed E-state index contributed by atoms with van der Waals surface area (Å²) in [5, 5.41) is 5.57. The molecular formula is C25H29N4O2+. The van der Waals surface area contributed by atoms with Gasteiger partial charge in [0.05, 0.1) is 32.1 Å². The van der Waals surface area contributed by atoms with Crippen LogP contribution < -0.4 is 15.1 Å². The van der Waals surface area contributed by atoms with Crippen LogP contribution in [0.25, 0.3) is 10.9 Å². The van der Waals surface area contributed by atoms with E-state index in [-0.39, 0.29) is 5.91 Å². The summed E-state index contributed by atoms with van der Waals surface area (Å²) in [6, 6.07) is 14.8. The first-order valence-electron chi connectivity index (χ1n) is 11.1. The molecule has 1 unspecified atom stereocenters. The minimum atomic E-state index is -0.0401. The van der Waals surface area contributed by atoms with E-state index in [1.807, 2.05) is 24.3 Å². The zero-order valence-corrected chi connectivity index (χ0v) is 18.1. The largest absolute Gasteiger partial charge is 0.497 e. The van der Waals surface area contributed by atoms with Gasteiger partial charge in [0.1, 0.15) is 11.8 Å². The highest BCUT2D eigenvalue weighted by molar-refractivity contribution is 5.87. The Bertz CT molecular complexity index is 1160. The molecule has 2 heterocycles. The van der Waals surface area contributed by atoms with Gasteiger partial charge in [0.25, 0.3) is 5.91 Å². The van der Waals surface area contributed by atoms with E-state index in [2.05, 4.69) is 40.2 Å². The number of amides is 1. The van der Waals surface area contributed by atoms with Crippen molar-refractivity contribution in [3.63, 3.8) is 0 Å². The second-order valence-electron chi connectivity index (χ2n) is 8.64. The number of quaternary nitrogens is 1. The van der Waals surface area contributed by atoms with Gasteiger partial charge in [0.2, 0.25) is 0 Å². The molecule has 1 aliphatic heterocycles. The molecule has 2 aliphatic rings. The Hall–Kier alpha value is -3.12. The summed E-state index contributed by atoms with van der Waals surface area (Å²) in [6.07, 6.45) is 5.12. The number of ether oxygens (including phenoxy) is 1. The first-order chi connectivity index (χ1) is 15.1. The van der Waals surface area contributed by atoms with Gasteiger partial charge in [-0.05, 0) is 55.2 Å². The van der Waals surface area contributed by atoms with Crippen molar-refractivity contribution in [2.75, 3.05) is 20.2 Å². The predicted octanol–water partition coefficient (Wildman–Crippen LogP) is 2.38. The van der Waals surface area contributed by atoms with Gasteiger partial charge in [-0.25, -0.2) is 5.43 Å². The molecule has 31 heavy (non-hydrogen) atoms. The van der Waals surface area contributed by atoms with Crippen molar-refractivity contribution in [3.8, 4) is 5.75 Å². The van der Waals surface area contributed by atoms with E-state index < -0.39 is 0 Å². The fourth-order valence-electron chi connectivity index (χ4n) is 5.26. The third kappa shape index (κ3) is 3.72. The molecule has 1 aromatic heterocycles. The SMILES string of the molecule is COc1cccc(/C=N\NC(=O)C[NH+]2CCn3c4c(c5cc(C)ccc53)CCC[C@@H]42)c1. The van der Waals surface area contributed by atoms with Crippen LogP contribution in [0.2, 0.25) is 0 Å². The van der Waals surface area contributed by atoms with Crippen LogP contribution in [0.3, 0.4) is 0 Å². The minimum Gasteiger partial charge on any atom is -0.497 e. The molecule has 160 valence electrons. The Balaban J connectivity index is 1.31. The van der Waals surface area contributed by atoms with Crippen LogP contribution in [0.5, 0.6) is 5.75 Å². The highest BCUT2D eigenvalue weighted by atomic mass is 16.5. The first kappa shape index (κ1) is 19.8. The summed E-state index contributed by atoms with van der Waals surface area (Å²) >= 11 is 0. The molecule has 1 aliphatic carbocycles. The average molecular weight is 418 g/mol. The van der Waals surface area contributed by atoms with Crippen LogP contribution in [0.15, 0.2) is 47.6 Å². The lowest BCUT2D eigenvalue weighted by Gasteiger charge is -2.36. The molecule has 2 atom stereocenters. The number of rotatable bonds is 5. The van der Waals surface area contributed by atoms with Crippen molar-refractivity contribution in [1.82, 2.24) is 9.99 Å². The number of fused-ring (bicyclic) bond motifs is 3. The Morgan fingerprint density at radius 2 is 2.23 bits per heavy atom. The number of hydrazone groups is 1. The second kappa shape index (κ2) is 8.19. The Kier molecular flexibility index (Phi) is 5.24. The Morgan fingerprint density at radius 3 is 3.10 bits per heavy atom. The van der Waals surface area contributed by atoms with E-state index in [0.717, 1.165) is 37.2 Å². The fourth-order valence-corrected chi connectivity index (χ4v) is 5.26. The number of aromatic nitrogens is 1. The van der Waals surface area contributed by atoms with E-state index in [0.29, 0.717) is 12.6 Å². The number of nitrogens with one attached hydrogen (secondary N) is 2. The molecule has 0 radical (unpaired) electrons. The van der Waals surface area contributed by atoms with Crippen LogP contribution in [0.1, 0.15) is 41.3 Å². The van der Waals surface area contributed by atoms with Gasteiger partial charge in [0.15, 0.2) is 6.54 Å². The van der Waals surface area contributed by atoms with Gasteiger partial charge in [-0.2, -0.15) is 5.10 Å². The molecule has 2 aromatic carbocycles. The number of carbonyl (C=O) groups is 1. The highest BCUT2D eigenvalue weighted by Crippen LogP contribution is 2.37. The van der Waals surface area contributed by atoms with Crippen molar-refractivity contribution in [2.45, 2.75) is 38.8 Å². The summed E-state index contributed by atoms with van der Waals surface area (Å²) in [5.74, 6) is 0.730. The zero-order chi connectivity index (χ0) is 21.4. The molecule has 3 aromatic rings. The van der Waals surface area contributed by atoms with Crippen LogP contribution in [-0.4, -0.2) is 36.9 Å². The van der Waals surface area contributed by atoms with Crippen molar-refractivity contribution in [3.05, 3.63) is 64.8 Å². The molecule has 0 spiro atoms. The lowest BCUT2D eigenvalue weighted by atomic mass is 9.89. The van der Waals surface area contributed by atoms with Crippen molar-refractivity contribution < 1.29 is 14.4 Å². The third-order valence-electron chi connectivity index (χ3n) is 6.65. The van der Waals surface area contributed by atoms with Gasteiger partial charge in [-0.15, -0.1) is 0 Å². The van der Waals surface area contributed by atoms with E-state index in [1.165, 1.54) is 39.0 Å². The molecule has 0 bridgehead atoms. The molecule has 6 heteroatoms. The molecule has 6 nitrogen and oxygen atoms in total. The Morgan fingerprint density at radius 1 is 1.32 bits per heavy atom. The maximum atomic E-state index is 12.6. The van der Waals surface area contributed by atoms with Gasteiger partial charge in [-0.3, -0.25) is 4.79 Å². The van der Waals surface area contributed by atoms with Gasteiger partial charge in [-0.1, -0.05) is 23.8 Å². The number of carbonyl (C=O) groups excluding carboxylic acids is 1. The van der Waals surface area contributed by atoms with Crippen molar-refractivity contribution >= 4 is 23.0 Å². The van der Waals surface area contributed by atoms with Crippen molar-refractivity contribution in [2.24, 2.45) is 5.10 Å². The van der Waals surface area contributed by atoms with Gasteiger partial charge >= 0.3 is 0 Å². The standard InChI is InChI=1S/C25H28N4O2/c1-17-9-10-22-21(13-17)20-7-4-8-23-25(20)29(22)12-11-28(23)16-24(30)27-26-15-18-5-3-6-19(14-18)31-2/h3,5-6,9-10,13-15,23H,4,7-8,11-12,16H2,1-2H3,(H,27,30)/p+1/b26-15-/t23-/m0/s1. The quantitative estimate of drug-likeness (QED) is 0.495. The lowest BCUT2D eigenvalue weighted by Crippen LogP contribution is -3.14. The molecule has 5 rings (SSSR count). The van der Waals surface area contributed by atoms with E-state index in [9.17, 15) is 4.79 Å². The van der Waals surface area contributed by atoms with Crippen LogP contribution in [0, 0.1) is 6.92 Å². The topological polar surface area (TPSA) is 60.1 Å². The number of hydrogen-bond acceptors (Lipinski definition) is 3. The summed E-state index contributed by atoms with van der Waals surface area (Å²) in [4.78, 5) is 14.0. The van der Waals surface area contributed by atoms with Crippen LogP contribution in [0.4, 0.5) is 0 Å². The maximum absolute atomic E-state index is 12.6. The molecule has 2 N–H and O–H groups in total. The van der Waals surface area contributed by atoms with E-state index in [1.54, 1.807) is 13.3 Å². The fraction of sp³-hybridized carbons (Fsp3) is 0.360. The number of benzene rings is 2. The maximum Gasteiger partial charge on any atom is 0.295 e. The first-order valence-corrected chi connectivity index (χ1v) is 11.1. The van der Waals surface area contributed by atoms with Crippen molar-refractivity contribution in [1.29, 1.82) is 0 Å². The van der Waals surface area contributed by atoms with E-state index >= 15 is 0 Å². The minimum absolute atomic E-state index is 0.0401. The number of methoxy groups -OCH3 is 1. The summed E-state index contributed by atoms with van der Waals surface area (Å²) in [7, 11) is 1.64. The van der Waals surface area contributed by atoms with Crippen LogP contribution >= 0.6 is 0 Å². The number of hydrogen-bond donors (Lipinski definition) is 2. The smallest absolute Gasteiger partial charge is 0.295 e. The van der Waals surface area contributed by atoms with E-state index in [4.69, 9.17) is 4.74 Å². The summed E-state index contributed by atoms with van der Waals surface area (Å²) < 4.78 is 7.73. The molecule has 0 fully saturated rings.